The third kappa shape index (κ3) is 2.68. The van der Waals surface area contributed by atoms with Crippen molar-refractivity contribution < 1.29 is 9.53 Å². The monoisotopic (exact) mass is 286 g/mol. The van der Waals surface area contributed by atoms with Crippen LogP contribution in [-0.4, -0.2) is 23.6 Å². The van der Waals surface area contributed by atoms with Crippen LogP contribution >= 0.6 is 0 Å². The number of esters is 1. The quantitative estimate of drug-likeness (QED) is 0.671. The highest BCUT2D eigenvalue weighted by atomic mass is 16.5. The molecule has 21 heavy (non-hydrogen) atoms. The van der Waals surface area contributed by atoms with Crippen molar-refractivity contribution in [2.24, 2.45) is 0 Å². The van der Waals surface area contributed by atoms with Crippen molar-refractivity contribution in [2.45, 2.75) is 45.2 Å². The van der Waals surface area contributed by atoms with Crippen LogP contribution in [0.15, 0.2) is 24.3 Å². The predicted molar refractivity (Wildman–Crippen MR) is 83.2 cm³/mol. The smallest absolute Gasteiger partial charge is 0.323 e. The highest BCUT2D eigenvalue weighted by Crippen LogP contribution is 2.31. The summed E-state index contributed by atoms with van der Waals surface area (Å²) in [5, 5.41) is 4.57. The van der Waals surface area contributed by atoms with Crippen LogP contribution < -0.4 is 5.32 Å². The molecule has 0 saturated heterocycles. The molecule has 1 aromatic heterocycles. The first-order valence-corrected chi connectivity index (χ1v) is 7.73. The van der Waals surface area contributed by atoms with Gasteiger partial charge in [0.05, 0.1) is 6.61 Å². The van der Waals surface area contributed by atoms with Gasteiger partial charge in [-0.15, -0.1) is 0 Å². The van der Waals surface area contributed by atoms with E-state index in [-0.39, 0.29) is 18.1 Å². The normalized spacial score (nSPS) is 21.2. The number of carbonyl (C=O) groups is 1. The van der Waals surface area contributed by atoms with Gasteiger partial charge in [-0.3, -0.25) is 10.1 Å². The summed E-state index contributed by atoms with van der Waals surface area (Å²) in [6, 6.07) is 8.14. The van der Waals surface area contributed by atoms with Crippen molar-refractivity contribution in [2.75, 3.05) is 6.61 Å². The number of hydrogen-bond acceptors (Lipinski definition) is 3. The van der Waals surface area contributed by atoms with Gasteiger partial charge in [0.15, 0.2) is 0 Å². The molecule has 0 fully saturated rings. The first-order chi connectivity index (χ1) is 10.2. The number of fused-ring (bicyclic) bond motifs is 3. The van der Waals surface area contributed by atoms with Gasteiger partial charge in [-0.25, -0.2) is 0 Å². The van der Waals surface area contributed by atoms with Crippen molar-refractivity contribution in [3.8, 4) is 0 Å². The molecule has 4 nitrogen and oxygen atoms in total. The molecule has 1 aromatic carbocycles. The minimum absolute atomic E-state index is 0.130. The van der Waals surface area contributed by atoms with Crippen molar-refractivity contribution in [3.05, 3.63) is 35.5 Å². The average Bonchev–Trinajstić information content (AvgIpc) is 2.87. The molecule has 3 rings (SSSR count). The van der Waals surface area contributed by atoms with Gasteiger partial charge in [-0.1, -0.05) is 31.5 Å². The summed E-state index contributed by atoms with van der Waals surface area (Å²) in [4.78, 5) is 15.7. The molecule has 0 saturated carbocycles. The van der Waals surface area contributed by atoms with Gasteiger partial charge < -0.3 is 9.72 Å². The highest BCUT2D eigenvalue weighted by Gasteiger charge is 2.31. The second kappa shape index (κ2) is 5.90. The van der Waals surface area contributed by atoms with Crippen LogP contribution in [0.5, 0.6) is 0 Å². The zero-order valence-corrected chi connectivity index (χ0v) is 12.6. The second-order valence-electron chi connectivity index (χ2n) is 5.73. The molecule has 0 radical (unpaired) electrons. The summed E-state index contributed by atoms with van der Waals surface area (Å²) in [5.41, 5.74) is 3.57. The number of aromatic amines is 1. The Morgan fingerprint density at radius 3 is 3.00 bits per heavy atom. The van der Waals surface area contributed by atoms with Gasteiger partial charge in [-0.2, -0.15) is 0 Å². The van der Waals surface area contributed by atoms with Crippen molar-refractivity contribution in [3.63, 3.8) is 0 Å². The SMILES string of the molecule is CCCCOC(=O)[C@@H]1Cc2c([nH]c3ccccc23)[C@@H](C)N1. The number of benzene rings is 1. The fourth-order valence-corrected chi connectivity index (χ4v) is 3.03. The highest BCUT2D eigenvalue weighted by molar-refractivity contribution is 5.87. The minimum atomic E-state index is -0.247. The molecule has 0 bridgehead atoms. The lowest BCUT2D eigenvalue weighted by atomic mass is 9.94. The molecule has 2 N–H and O–H groups in total. The number of rotatable bonds is 4. The van der Waals surface area contributed by atoms with Crippen LogP contribution in [0.25, 0.3) is 10.9 Å². The second-order valence-corrected chi connectivity index (χ2v) is 5.73. The number of ether oxygens (including phenoxy) is 1. The Labute approximate surface area is 124 Å². The molecule has 1 aliphatic rings. The lowest BCUT2D eigenvalue weighted by Crippen LogP contribution is -2.44. The standard InChI is InChI=1S/C17H22N2O2/c1-3-4-9-21-17(20)15-10-13-12-7-5-6-8-14(12)19-16(13)11(2)18-15/h5-8,11,15,18-19H,3-4,9-10H2,1-2H3/t11-,15+/m1/s1. The molecule has 0 spiro atoms. The lowest BCUT2D eigenvalue weighted by Gasteiger charge is -2.27. The van der Waals surface area contributed by atoms with E-state index in [0.29, 0.717) is 13.0 Å². The molecule has 2 aromatic rings. The van der Waals surface area contributed by atoms with Gasteiger partial charge in [0.2, 0.25) is 0 Å². The van der Waals surface area contributed by atoms with E-state index in [1.54, 1.807) is 0 Å². The molecule has 4 heteroatoms. The van der Waals surface area contributed by atoms with Crippen LogP contribution in [0.2, 0.25) is 0 Å². The van der Waals surface area contributed by atoms with Gasteiger partial charge in [0, 0.05) is 29.1 Å². The Hall–Kier alpha value is -1.81. The van der Waals surface area contributed by atoms with Crippen molar-refractivity contribution >= 4 is 16.9 Å². The number of aromatic nitrogens is 1. The van der Waals surface area contributed by atoms with E-state index in [1.165, 1.54) is 16.6 Å². The van der Waals surface area contributed by atoms with Crippen LogP contribution in [0, 0.1) is 0 Å². The van der Waals surface area contributed by atoms with Crippen LogP contribution in [-0.2, 0) is 16.0 Å². The van der Waals surface area contributed by atoms with Gasteiger partial charge in [0.1, 0.15) is 6.04 Å². The summed E-state index contributed by atoms with van der Waals surface area (Å²) in [7, 11) is 0. The molecule has 112 valence electrons. The maximum absolute atomic E-state index is 12.2. The van der Waals surface area contributed by atoms with Gasteiger partial charge >= 0.3 is 5.97 Å². The summed E-state index contributed by atoms with van der Waals surface area (Å²) in [6.07, 6.45) is 2.65. The summed E-state index contributed by atoms with van der Waals surface area (Å²) in [5.74, 6) is -0.133. The number of nitrogens with one attached hydrogen (secondary N) is 2. The van der Waals surface area contributed by atoms with E-state index in [1.807, 2.05) is 12.1 Å². The maximum atomic E-state index is 12.2. The van der Waals surface area contributed by atoms with Crippen LogP contribution in [0.3, 0.4) is 0 Å². The molecular weight excluding hydrogens is 264 g/mol. The summed E-state index contributed by atoms with van der Waals surface area (Å²) < 4.78 is 5.36. The number of para-hydroxylation sites is 1. The minimum Gasteiger partial charge on any atom is -0.465 e. The Bertz CT molecular complexity index is 647. The van der Waals surface area contributed by atoms with Gasteiger partial charge in [0.25, 0.3) is 0 Å². The molecule has 2 heterocycles. The van der Waals surface area contributed by atoms with E-state index in [2.05, 4.69) is 36.3 Å². The first-order valence-electron chi connectivity index (χ1n) is 7.73. The van der Waals surface area contributed by atoms with E-state index in [4.69, 9.17) is 4.74 Å². The third-order valence-electron chi connectivity index (χ3n) is 4.17. The fourth-order valence-electron chi connectivity index (χ4n) is 3.03. The summed E-state index contributed by atoms with van der Waals surface area (Å²) in [6.45, 7) is 4.69. The number of H-pyrrole nitrogens is 1. The fraction of sp³-hybridized carbons (Fsp3) is 0.471. The Balaban J connectivity index is 1.82. The van der Waals surface area contributed by atoms with Crippen LogP contribution in [0.4, 0.5) is 0 Å². The molecule has 1 aliphatic heterocycles. The van der Waals surface area contributed by atoms with Crippen molar-refractivity contribution in [1.29, 1.82) is 0 Å². The topological polar surface area (TPSA) is 54.1 Å². The lowest BCUT2D eigenvalue weighted by molar-refractivity contribution is -0.146. The predicted octanol–water partition coefficient (Wildman–Crippen LogP) is 3.09. The maximum Gasteiger partial charge on any atom is 0.323 e. The van der Waals surface area contributed by atoms with E-state index >= 15 is 0 Å². The molecule has 0 amide bonds. The molecule has 0 aliphatic carbocycles. The third-order valence-corrected chi connectivity index (χ3v) is 4.17. The summed E-state index contributed by atoms with van der Waals surface area (Å²) >= 11 is 0. The number of unbranched alkanes of at least 4 members (excludes halogenated alkanes) is 1. The Kier molecular flexibility index (Phi) is 3.97. The molecule has 0 unspecified atom stereocenters. The zero-order valence-electron chi connectivity index (χ0n) is 12.6. The number of hydrogen-bond donors (Lipinski definition) is 2. The largest absolute Gasteiger partial charge is 0.465 e. The molecule has 2 atom stereocenters. The molecular formula is C17H22N2O2. The first kappa shape index (κ1) is 14.1. The van der Waals surface area contributed by atoms with Crippen molar-refractivity contribution in [1.82, 2.24) is 10.3 Å². The average molecular weight is 286 g/mol. The zero-order chi connectivity index (χ0) is 14.8. The van der Waals surface area contributed by atoms with E-state index in [9.17, 15) is 4.79 Å². The van der Waals surface area contributed by atoms with Crippen LogP contribution in [0.1, 0.15) is 44.0 Å². The Morgan fingerprint density at radius 1 is 1.38 bits per heavy atom. The van der Waals surface area contributed by atoms with E-state index < -0.39 is 0 Å². The van der Waals surface area contributed by atoms with E-state index in [0.717, 1.165) is 18.4 Å². The van der Waals surface area contributed by atoms with Gasteiger partial charge in [-0.05, 0) is 25.0 Å². The number of carbonyl (C=O) groups excluding carboxylic acids is 1. The Morgan fingerprint density at radius 2 is 2.19 bits per heavy atom.